The Kier molecular flexibility index (Phi) is 7.45. The fourth-order valence-corrected chi connectivity index (χ4v) is 4.39. The number of nitrogens with zero attached hydrogens (tertiary/aromatic N) is 7. The summed E-state index contributed by atoms with van der Waals surface area (Å²) in [6, 6.07) is 10.7. The lowest BCUT2D eigenvalue weighted by molar-refractivity contribution is 0.0935. The largest absolute Gasteiger partial charge is 0.344 e. The van der Waals surface area contributed by atoms with Crippen molar-refractivity contribution in [1.29, 1.82) is 0 Å². The maximum atomic E-state index is 13.7. The summed E-state index contributed by atoms with van der Waals surface area (Å²) in [5, 5.41) is 14.5. The summed E-state index contributed by atoms with van der Waals surface area (Å²) >= 11 is 0. The molecule has 5 aromatic heterocycles. The van der Waals surface area contributed by atoms with Crippen LogP contribution in [0.4, 0.5) is 4.39 Å². The van der Waals surface area contributed by atoms with Crippen LogP contribution < -0.4 is 5.32 Å². The van der Waals surface area contributed by atoms with E-state index in [9.17, 15) is 9.18 Å². The summed E-state index contributed by atoms with van der Waals surface area (Å²) in [6.45, 7) is 8.99. The number of nitrogens with one attached hydrogen (secondary N) is 2. The van der Waals surface area contributed by atoms with Gasteiger partial charge >= 0.3 is 0 Å². The molecule has 0 fully saturated rings. The van der Waals surface area contributed by atoms with Crippen molar-refractivity contribution in [3.8, 4) is 17.2 Å². The molecule has 0 aliphatic heterocycles. The predicted molar refractivity (Wildman–Crippen MR) is 148 cm³/mol. The van der Waals surface area contributed by atoms with Gasteiger partial charge < -0.3 is 5.32 Å². The van der Waals surface area contributed by atoms with Crippen LogP contribution >= 0.6 is 0 Å². The third kappa shape index (κ3) is 5.93. The fourth-order valence-electron chi connectivity index (χ4n) is 4.39. The monoisotopic (exact) mass is 539 g/mol. The molecule has 0 radical (unpaired) electrons. The quantitative estimate of drug-likeness (QED) is 0.288. The second kappa shape index (κ2) is 11.1. The van der Waals surface area contributed by atoms with Gasteiger partial charge in [-0.25, -0.2) is 24.0 Å². The molecule has 1 unspecified atom stereocenters. The van der Waals surface area contributed by atoms with E-state index in [0.29, 0.717) is 34.9 Å². The number of amides is 1. The van der Waals surface area contributed by atoms with Gasteiger partial charge in [-0.3, -0.25) is 14.9 Å². The highest BCUT2D eigenvalue weighted by atomic mass is 19.1. The molecule has 11 heteroatoms. The van der Waals surface area contributed by atoms with Crippen LogP contribution in [0.15, 0.2) is 55.0 Å². The number of rotatable bonds is 8. The van der Waals surface area contributed by atoms with E-state index in [1.54, 1.807) is 48.4 Å². The number of hydrogen-bond acceptors (Lipinski definition) is 7. The van der Waals surface area contributed by atoms with Crippen molar-refractivity contribution in [2.75, 3.05) is 0 Å². The summed E-state index contributed by atoms with van der Waals surface area (Å²) in [7, 11) is 0. The summed E-state index contributed by atoms with van der Waals surface area (Å²) < 4.78 is 15.3. The molecule has 1 amide bonds. The van der Waals surface area contributed by atoms with E-state index < -0.39 is 6.17 Å². The van der Waals surface area contributed by atoms with Crippen LogP contribution in [-0.2, 0) is 6.42 Å². The molecular weight excluding hydrogens is 509 g/mol. The van der Waals surface area contributed by atoms with Crippen LogP contribution in [0.3, 0.4) is 0 Å². The van der Waals surface area contributed by atoms with E-state index in [1.165, 1.54) is 6.92 Å². The molecule has 5 rings (SSSR count). The number of hydrogen-bond donors (Lipinski definition) is 2. The molecule has 2 atom stereocenters. The number of carbonyl (C=O) groups is 1. The van der Waals surface area contributed by atoms with Gasteiger partial charge in [0.25, 0.3) is 5.91 Å². The minimum Gasteiger partial charge on any atom is -0.344 e. The highest BCUT2D eigenvalue weighted by molar-refractivity contribution is 5.92. The van der Waals surface area contributed by atoms with E-state index in [2.05, 4.69) is 40.5 Å². The molecular formula is C29H30FN9O. The molecule has 0 aromatic carbocycles. The normalized spacial score (nSPS) is 12.8. The highest BCUT2D eigenvalue weighted by Crippen LogP contribution is 2.22. The molecule has 5 aromatic rings. The molecule has 40 heavy (non-hydrogen) atoms. The van der Waals surface area contributed by atoms with Crippen LogP contribution in [0.1, 0.15) is 76.1 Å². The Morgan fingerprint density at radius 2 is 1.85 bits per heavy atom. The van der Waals surface area contributed by atoms with Crippen LogP contribution in [-0.4, -0.2) is 45.8 Å². The standard InChI is InChI=1S/C29H30FN9O/c1-16-10-23(12-24-11-17(2)36-37-24)35-28(33-16)22-6-8-26(31-14-22)29(40)34-19(4)21-7-9-27(32-13-21)39-15-25(18(3)30)20(5)38-39/h6-11,13-15,18-19H,12H2,1-5H3,(H,34,40)(H,36,37)/t18?,19-/m0/s1. The van der Waals surface area contributed by atoms with Gasteiger partial charge in [0.1, 0.15) is 11.9 Å². The lowest BCUT2D eigenvalue weighted by Crippen LogP contribution is -2.27. The zero-order valence-corrected chi connectivity index (χ0v) is 23.0. The van der Waals surface area contributed by atoms with E-state index in [-0.39, 0.29) is 17.6 Å². The zero-order chi connectivity index (χ0) is 28.4. The number of aromatic nitrogens is 8. The summed E-state index contributed by atoms with van der Waals surface area (Å²) in [6.07, 6.45) is 4.40. The minimum absolute atomic E-state index is 0.278. The van der Waals surface area contributed by atoms with Crippen molar-refractivity contribution >= 4 is 5.91 Å². The lowest BCUT2D eigenvalue weighted by Gasteiger charge is -2.14. The second-order valence-electron chi connectivity index (χ2n) is 9.85. The molecule has 0 aliphatic carbocycles. The first-order valence-corrected chi connectivity index (χ1v) is 13.0. The molecule has 204 valence electrons. The average molecular weight is 540 g/mol. The molecule has 0 aliphatic rings. The van der Waals surface area contributed by atoms with Crippen LogP contribution in [0.25, 0.3) is 17.2 Å². The first kappa shape index (κ1) is 26.8. The maximum absolute atomic E-state index is 13.7. The predicted octanol–water partition coefficient (Wildman–Crippen LogP) is 4.88. The summed E-state index contributed by atoms with van der Waals surface area (Å²) in [4.78, 5) is 30.9. The Bertz CT molecular complexity index is 1640. The van der Waals surface area contributed by atoms with Gasteiger partial charge in [0.2, 0.25) is 0 Å². The van der Waals surface area contributed by atoms with Crippen LogP contribution in [0, 0.1) is 20.8 Å². The van der Waals surface area contributed by atoms with Crippen LogP contribution in [0.2, 0.25) is 0 Å². The van der Waals surface area contributed by atoms with Crippen molar-refractivity contribution in [3.63, 3.8) is 0 Å². The number of alkyl halides is 1. The number of pyridine rings is 2. The number of aromatic amines is 1. The third-order valence-electron chi connectivity index (χ3n) is 6.50. The number of carbonyl (C=O) groups excluding carboxylic acids is 1. The van der Waals surface area contributed by atoms with Crippen molar-refractivity contribution in [2.45, 2.75) is 53.3 Å². The average Bonchev–Trinajstić information content (AvgIpc) is 3.53. The Labute approximate surface area is 231 Å². The number of H-pyrrole nitrogens is 1. The first-order chi connectivity index (χ1) is 19.2. The Balaban J connectivity index is 1.25. The second-order valence-corrected chi connectivity index (χ2v) is 9.85. The topological polar surface area (TPSA) is 127 Å². The SMILES string of the molecule is Cc1cc(Cc2cc(C)[nH]n2)nc(-c2ccc(C(=O)N[C@@H](C)c3ccc(-n4cc(C(C)F)c(C)n4)nc3)nc2)n1. The van der Waals surface area contributed by atoms with Gasteiger partial charge in [-0.1, -0.05) is 6.07 Å². The molecule has 0 bridgehead atoms. The van der Waals surface area contributed by atoms with Crippen molar-refractivity contribution in [2.24, 2.45) is 0 Å². The molecule has 0 saturated heterocycles. The van der Waals surface area contributed by atoms with E-state index in [0.717, 1.165) is 28.3 Å². The first-order valence-electron chi connectivity index (χ1n) is 13.0. The van der Waals surface area contributed by atoms with Crippen molar-refractivity contribution < 1.29 is 9.18 Å². The fraction of sp³-hybridized carbons (Fsp3) is 0.276. The lowest BCUT2D eigenvalue weighted by atomic mass is 10.1. The number of halogens is 1. The van der Waals surface area contributed by atoms with E-state index in [1.807, 2.05) is 39.0 Å². The third-order valence-corrected chi connectivity index (χ3v) is 6.50. The Morgan fingerprint density at radius 3 is 2.48 bits per heavy atom. The van der Waals surface area contributed by atoms with Gasteiger partial charge in [-0.15, -0.1) is 0 Å². The van der Waals surface area contributed by atoms with Crippen LogP contribution in [0.5, 0.6) is 0 Å². The molecule has 0 spiro atoms. The smallest absolute Gasteiger partial charge is 0.270 e. The highest BCUT2D eigenvalue weighted by Gasteiger charge is 2.16. The van der Waals surface area contributed by atoms with Crippen molar-refractivity contribution in [1.82, 2.24) is 45.2 Å². The molecule has 0 saturated carbocycles. The van der Waals surface area contributed by atoms with Gasteiger partial charge in [0, 0.05) is 47.5 Å². The van der Waals surface area contributed by atoms with E-state index >= 15 is 0 Å². The summed E-state index contributed by atoms with van der Waals surface area (Å²) in [5.41, 5.74) is 6.54. The Morgan fingerprint density at radius 1 is 1.02 bits per heavy atom. The van der Waals surface area contributed by atoms with Gasteiger partial charge in [0.15, 0.2) is 11.6 Å². The Hall–Kier alpha value is -4.80. The maximum Gasteiger partial charge on any atom is 0.270 e. The van der Waals surface area contributed by atoms with Gasteiger partial charge in [-0.05, 0) is 70.5 Å². The number of aryl methyl sites for hydroxylation is 3. The molecule has 2 N–H and O–H groups in total. The van der Waals surface area contributed by atoms with Gasteiger partial charge in [-0.2, -0.15) is 10.2 Å². The minimum atomic E-state index is -1.11. The molecule has 10 nitrogen and oxygen atoms in total. The summed E-state index contributed by atoms with van der Waals surface area (Å²) in [5.74, 6) is 0.796. The zero-order valence-electron chi connectivity index (χ0n) is 23.0. The van der Waals surface area contributed by atoms with Crippen molar-refractivity contribution in [3.05, 3.63) is 100 Å². The van der Waals surface area contributed by atoms with Gasteiger partial charge in [0.05, 0.1) is 23.1 Å². The molecule has 5 heterocycles. The van der Waals surface area contributed by atoms with E-state index in [4.69, 9.17) is 0 Å².